The highest BCUT2D eigenvalue weighted by atomic mass is 16.3. The van der Waals surface area contributed by atoms with Crippen molar-refractivity contribution in [1.29, 1.82) is 0 Å². The molecular weight excluding hydrogens is 296 g/mol. The Kier molecular flexibility index (Phi) is 4.48. The van der Waals surface area contributed by atoms with E-state index in [0.717, 1.165) is 32.6 Å². The molecule has 0 spiro atoms. The number of aliphatic hydroxyl groups is 1. The van der Waals surface area contributed by atoms with Gasteiger partial charge in [0.15, 0.2) is 0 Å². The Hall–Kier alpha value is -1.94. The Morgan fingerprint density at radius 2 is 1.50 bits per heavy atom. The predicted molar refractivity (Wildman–Crippen MR) is 100 cm³/mol. The van der Waals surface area contributed by atoms with Crippen LogP contribution in [0.4, 0.5) is 0 Å². The predicted octanol–water partition coefficient (Wildman–Crippen LogP) is 3.32. The van der Waals surface area contributed by atoms with E-state index in [4.69, 9.17) is 0 Å². The molecule has 3 aromatic rings. The Morgan fingerprint density at radius 1 is 0.917 bits per heavy atom. The van der Waals surface area contributed by atoms with Crippen LogP contribution >= 0.6 is 0 Å². The first-order chi connectivity index (χ1) is 11.9. The van der Waals surface area contributed by atoms with Crippen molar-refractivity contribution in [2.75, 3.05) is 32.8 Å². The topological polar surface area (TPSA) is 35.5 Å². The van der Waals surface area contributed by atoms with Crippen LogP contribution < -0.4 is 5.32 Å². The lowest BCUT2D eigenvalue weighted by atomic mass is 9.90. The minimum atomic E-state index is 0.214. The van der Waals surface area contributed by atoms with Crippen LogP contribution in [0.2, 0.25) is 0 Å². The van der Waals surface area contributed by atoms with Crippen LogP contribution in [-0.2, 0) is 0 Å². The molecule has 3 nitrogen and oxygen atoms in total. The third-order valence-corrected chi connectivity index (χ3v) is 5.14. The fourth-order valence-corrected chi connectivity index (χ4v) is 4.03. The van der Waals surface area contributed by atoms with Crippen molar-refractivity contribution >= 4 is 21.5 Å². The van der Waals surface area contributed by atoms with Crippen molar-refractivity contribution in [2.24, 2.45) is 0 Å². The first kappa shape index (κ1) is 15.6. The SMILES string of the molecule is OCC[C@@H](c1c2ccccc2cc2ccccc12)N1CCNCC1. The first-order valence-corrected chi connectivity index (χ1v) is 8.84. The lowest BCUT2D eigenvalue weighted by Gasteiger charge is -2.36. The highest BCUT2D eigenvalue weighted by molar-refractivity contribution is 6.02. The summed E-state index contributed by atoms with van der Waals surface area (Å²) in [5.41, 5.74) is 1.37. The zero-order valence-corrected chi connectivity index (χ0v) is 13.9. The fourth-order valence-electron chi connectivity index (χ4n) is 4.03. The molecule has 24 heavy (non-hydrogen) atoms. The third kappa shape index (κ3) is 2.80. The number of piperazine rings is 1. The van der Waals surface area contributed by atoms with Gasteiger partial charge in [0, 0.05) is 38.8 Å². The Balaban J connectivity index is 1.96. The van der Waals surface area contributed by atoms with Crippen molar-refractivity contribution in [3.8, 4) is 0 Å². The second-order valence-corrected chi connectivity index (χ2v) is 6.55. The van der Waals surface area contributed by atoms with Gasteiger partial charge in [-0.1, -0.05) is 48.5 Å². The van der Waals surface area contributed by atoms with Gasteiger partial charge in [0.25, 0.3) is 0 Å². The molecule has 124 valence electrons. The molecule has 4 rings (SSSR count). The molecule has 0 saturated carbocycles. The van der Waals surface area contributed by atoms with Gasteiger partial charge in [-0.05, 0) is 39.6 Å². The molecule has 0 aliphatic carbocycles. The summed E-state index contributed by atoms with van der Waals surface area (Å²) in [5, 5.41) is 18.4. The maximum atomic E-state index is 9.73. The number of benzene rings is 3. The summed E-state index contributed by atoms with van der Waals surface area (Å²) in [6.45, 7) is 4.31. The molecule has 1 atom stereocenters. The third-order valence-electron chi connectivity index (χ3n) is 5.14. The molecule has 1 fully saturated rings. The number of rotatable bonds is 4. The number of hydrogen-bond donors (Lipinski definition) is 2. The van der Waals surface area contributed by atoms with Crippen LogP contribution in [0.1, 0.15) is 18.0 Å². The second-order valence-electron chi connectivity index (χ2n) is 6.55. The van der Waals surface area contributed by atoms with Crippen LogP contribution in [0, 0.1) is 0 Å². The standard InChI is InChI=1S/C21H24N2O/c24-14-9-20(23-12-10-22-11-13-23)21-18-7-3-1-5-16(18)15-17-6-2-4-8-19(17)21/h1-8,15,20,22,24H,9-14H2/t20-/m0/s1. The normalized spacial score (nSPS) is 17.4. The highest BCUT2D eigenvalue weighted by Crippen LogP contribution is 2.37. The number of hydrogen-bond acceptors (Lipinski definition) is 3. The van der Waals surface area contributed by atoms with Gasteiger partial charge in [-0.25, -0.2) is 0 Å². The Bertz CT molecular complexity index is 785. The van der Waals surface area contributed by atoms with Crippen molar-refractivity contribution in [3.63, 3.8) is 0 Å². The van der Waals surface area contributed by atoms with E-state index < -0.39 is 0 Å². The molecule has 1 aliphatic heterocycles. The largest absolute Gasteiger partial charge is 0.396 e. The van der Waals surface area contributed by atoms with Gasteiger partial charge >= 0.3 is 0 Å². The first-order valence-electron chi connectivity index (χ1n) is 8.84. The fraction of sp³-hybridized carbons (Fsp3) is 0.333. The minimum Gasteiger partial charge on any atom is -0.396 e. The number of aliphatic hydroxyl groups excluding tert-OH is 1. The summed E-state index contributed by atoms with van der Waals surface area (Å²) in [5.74, 6) is 0. The molecule has 3 heteroatoms. The maximum Gasteiger partial charge on any atom is 0.0449 e. The molecule has 3 aromatic carbocycles. The molecule has 2 N–H and O–H groups in total. The van der Waals surface area contributed by atoms with E-state index in [2.05, 4.69) is 64.8 Å². The molecule has 0 radical (unpaired) electrons. The van der Waals surface area contributed by atoms with Crippen LogP contribution in [0.5, 0.6) is 0 Å². The monoisotopic (exact) mass is 320 g/mol. The lowest BCUT2D eigenvalue weighted by Crippen LogP contribution is -2.45. The quantitative estimate of drug-likeness (QED) is 0.724. The average Bonchev–Trinajstić information content (AvgIpc) is 2.65. The maximum absolute atomic E-state index is 9.73. The molecule has 0 unspecified atom stereocenters. The van der Waals surface area contributed by atoms with Gasteiger partial charge < -0.3 is 10.4 Å². The average molecular weight is 320 g/mol. The van der Waals surface area contributed by atoms with Gasteiger partial charge in [-0.2, -0.15) is 0 Å². The zero-order valence-electron chi connectivity index (χ0n) is 13.9. The molecule has 1 heterocycles. The van der Waals surface area contributed by atoms with Crippen molar-refractivity contribution in [2.45, 2.75) is 12.5 Å². The van der Waals surface area contributed by atoms with Gasteiger partial charge in [0.05, 0.1) is 0 Å². The summed E-state index contributed by atoms with van der Waals surface area (Å²) in [4.78, 5) is 2.53. The smallest absolute Gasteiger partial charge is 0.0449 e. The molecule has 0 aromatic heterocycles. The van der Waals surface area contributed by atoms with E-state index in [1.165, 1.54) is 27.1 Å². The minimum absolute atomic E-state index is 0.214. The van der Waals surface area contributed by atoms with E-state index in [-0.39, 0.29) is 12.6 Å². The van der Waals surface area contributed by atoms with Crippen LogP contribution in [0.25, 0.3) is 21.5 Å². The summed E-state index contributed by atoms with van der Waals surface area (Å²) in [6, 6.07) is 19.8. The van der Waals surface area contributed by atoms with Crippen molar-refractivity contribution in [1.82, 2.24) is 10.2 Å². The van der Waals surface area contributed by atoms with Crippen molar-refractivity contribution in [3.05, 3.63) is 60.2 Å². The van der Waals surface area contributed by atoms with Gasteiger partial charge in [0.1, 0.15) is 0 Å². The lowest BCUT2D eigenvalue weighted by molar-refractivity contribution is 0.143. The van der Waals surface area contributed by atoms with Crippen molar-refractivity contribution < 1.29 is 5.11 Å². The van der Waals surface area contributed by atoms with E-state index in [1.54, 1.807) is 0 Å². The van der Waals surface area contributed by atoms with Gasteiger partial charge in [-0.3, -0.25) is 4.90 Å². The van der Waals surface area contributed by atoms with Crippen LogP contribution in [0.3, 0.4) is 0 Å². The number of nitrogens with one attached hydrogen (secondary N) is 1. The van der Waals surface area contributed by atoms with Gasteiger partial charge in [0.2, 0.25) is 0 Å². The Morgan fingerprint density at radius 3 is 2.08 bits per heavy atom. The zero-order chi connectivity index (χ0) is 16.4. The second kappa shape index (κ2) is 6.89. The molecule has 1 aliphatic rings. The highest BCUT2D eigenvalue weighted by Gasteiger charge is 2.25. The number of fused-ring (bicyclic) bond motifs is 2. The summed E-state index contributed by atoms with van der Waals surface area (Å²) < 4.78 is 0. The van der Waals surface area contributed by atoms with Crippen LogP contribution in [-0.4, -0.2) is 42.8 Å². The summed E-state index contributed by atoms with van der Waals surface area (Å²) in [6.07, 6.45) is 0.776. The summed E-state index contributed by atoms with van der Waals surface area (Å²) >= 11 is 0. The van der Waals surface area contributed by atoms with E-state index in [9.17, 15) is 5.11 Å². The van der Waals surface area contributed by atoms with Gasteiger partial charge in [-0.15, -0.1) is 0 Å². The molecule has 0 bridgehead atoms. The summed E-state index contributed by atoms with van der Waals surface area (Å²) in [7, 11) is 0. The molecular formula is C21H24N2O. The molecule has 0 amide bonds. The Labute approximate surface area is 142 Å². The van der Waals surface area contributed by atoms with Crippen LogP contribution in [0.15, 0.2) is 54.6 Å². The van der Waals surface area contributed by atoms with E-state index in [0.29, 0.717) is 0 Å². The van der Waals surface area contributed by atoms with E-state index in [1.807, 2.05) is 0 Å². The number of nitrogens with zero attached hydrogens (tertiary/aromatic N) is 1. The van der Waals surface area contributed by atoms with E-state index >= 15 is 0 Å². The molecule has 1 saturated heterocycles.